The lowest BCUT2D eigenvalue weighted by Crippen LogP contribution is -2.33. The van der Waals surface area contributed by atoms with E-state index in [1.165, 1.54) is 5.56 Å². The minimum Gasteiger partial charge on any atom is -0.497 e. The molecule has 19 heavy (non-hydrogen) atoms. The summed E-state index contributed by atoms with van der Waals surface area (Å²) in [6, 6.07) is 8.76. The molecule has 1 aromatic carbocycles. The van der Waals surface area contributed by atoms with Gasteiger partial charge in [0.25, 0.3) is 0 Å². The second-order valence-electron chi connectivity index (χ2n) is 4.71. The van der Waals surface area contributed by atoms with Gasteiger partial charge in [0.15, 0.2) is 0 Å². The van der Waals surface area contributed by atoms with Crippen LogP contribution in [0.1, 0.15) is 19.4 Å². The smallest absolute Gasteiger partial charge is 0.118 e. The molecule has 0 fully saturated rings. The van der Waals surface area contributed by atoms with Crippen LogP contribution < -0.4 is 4.74 Å². The second kappa shape index (κ2) is 9.34. The lowest BCUT2D eigenvalue weighted by Gasteiger charge is -2.26. The van der Waals surface area contributed by atoms with Crippen molar-refractivity contribution in [2.75, 3.05) is 32.2 Å². The molecule has 0 atom stereocenters. The van der Waals surface area contributed by atoms with Crippen molar-refractivity contribution < 1.29 is 9.47 Å². The summed E-state index contributed by atoms with van der Waals surface area (Å²) >= 11 is 3.36. The molecule has 3 nitrogen and oxygen atoms in total. The number of benzene rings is 1. The van der Waals surface area contributed by atoms with Crippen LogP contribution in [0.4, 0.5) is 0 Å². The van der Waals surface area contributed by atoms with E-state index in [2.05, 4.69) is 46.8 Å². The Labute approximate surface area is 125 Å². The van der Waals surface area contributed by atoms with E-state index in [9.17, 15) is 0 Å². The van der Waals surface area contributed by atoms with Gasteiger partial charge in [-0.25, -0.2) is 0 Å². The molecule has 1 aromatic rings. The highest BCUT2D eigenvalue weighted by atomic mass is 79.9. The predicted octanol–water partition coefficient (Wildman–Crippen LogP) is 3.32. The second-order valence-corrected chi connectivity index (χ2v) is 5.51. The van der Waals surface area contributed by atoms with Crippen LogP contribution in [-0.4, -0.2) is 43.1 Å². The Hall–Kier alpha value is -0.580. The molecule has 0 heterocycles. The molecular formula is C15H24BrNO2. The van der Waals surface area contributed by atoms with E-state index in [0.29, 0.717) is 6.04 Å². The zero-order valence-electron chi connectivity index (χ0n) is 12.1. The third-order valence-corrected chi connectivity index (χ3v) is 3.34. The minimum absolute atomic E-state index is 0.509. The zero-order valence-corrected chi connectivity index (χ0v) is 13.6. The van der Waals surface area contributed by atoms with Crippen LogP contribution in [0.3, 0.4) is 0 Å². The first-order valence-corrected chi connectivity index (χ1v) is 7.80. The summed E-state index contributed by atoms with van der Waals surface area (Å²) in [6.45, 7) is 7.88. The van der Waals surface area contributed by atoms with E-state index >= 15 is 0 Å². The largest absolute Gasteiger partial charge is 0.497 e. The fraction of sp³-hybridized carbons (Fsp3) is 0.600. The van der Waals surface area contributed by atoms with Gasteiger partial charge in [0, 0.05) is 24.5 Å². The van der Waals surface area contributed by atoms with Crippen LogP contribution in [0, 0.1) is 0 Å². The first-order valence-electron chi connectivity index (χ1n) is 6.68. The fourth-order valence-electron chi connectivity index (χ4n) is 1.82. The first kappa shape index (κ1) is 16.5. The number of halogens is 1. The molecule has 0 N–H and O–H groups in total. The van der Waals surface area contributed by atoms with Crippen molar-refractivity contribution in [3.63, 3.8) is 0 Å². The van der Waals surface area contributed by atoms with Crippen LogP contribution in [-0.2, 0) is 11.3 Å². The minimum atomic E-state index is 0.509. The first-order chi connectivity index (χ1) is 9.17. The van der Waals surface area contributed by atoms with Crippen LogP contribution in [0.25, 0.3) is 0 Å². The third kappa shape index (κ3) is 6.41. The van der Waals surface area contributed by atoms with E-state index in [4.69, 9.17) is 9.47 Å². The Morgan fingerprint density at radius 2 is 1.84 bits per heavy atom. The number of ether oxygens (including phenoxy) is 2. The molecule has 0 aliphatic rings. The molecule has 0 unspecified atom stereocenters. The van der Waals surface area contributed by atoms with Crippen molar-refractivity contribution in [3.8, 4) is 5.75 Å². The Kier molecular flexibility index (Phi) is 8.10. The third-order valence-electron chi connectivity index (χ3n) is 3.02. The zero-order chi connectivity index (χ0) is 14.1. The van der Waals surface area contributed by atoms with Gasteiger partial charge in [0.05, 0.1) is 20.3 Å². The van der Waals surface area contributed by atoms with Crippen molar-refractivity contribution in [2.45, 2.75) is 26.4 Å². The number of hydrogen-bond acceptors (Lipinski definition) is 3. The Morgan fingerprint density at radius 3 is 2.37 bits per heavy atom. The highest BCUT2D eigenvalue weighted by Gasteiger charge is 2.10. The maximum Gasteiger partial charge on any atom is 0.118 e. The SMILES string of the molecule is COc1ccc(CN(CCOCCBr)C(C)C)cc1. The number of hydrogen-bond donors (Lipinski definition) is 0. The molecule has 0 amide bonds. The van der Waals surface area contributed by atoms with Gasteiger partial charge in [0.1, 0.15) is 5.75 Å². The van der Waals surface area contributed by atoms with Gasteiger partial charge < -0.3 is 9.47 Å². The van der Waals surface area contributed by atoms with Gasteiger partial charge in [0.2, 0.25) is 0 Å². The Morgan fingerprint density at radius 1 is 1.16 bits per heavy atom. The summed E-state index contributed by atoms with van der Waals surface area (Å²) in [4.78, 5) is 2.41. The molecule has 0 bridgehead atoms. The van der Waals surface area contributed by atoms with Crippen LogP contribution in [0.2, 0.25) is 0 Å². The standard InChI is InChI=1S/C15H24BrNO2/c1-13(2)17(9-11-19-10-8-16)12-14-4-6-15(18-3)7-5-14/h4-7,13H,8-12H2,1-3H3. The molecule has 0 aliphatic heterocycles. The normalized spacial score (nSPS) is 11.3. The molecular weight excluding hydrogens is 306 g/mol. The van der Waals surface area contributed by atoms with E-state index in [0.717, 1.165) is 37.4 Å². The van der Waals surface area contributed by atoms with Crippen molar-refractivity contribution in [1.29, 1.82) is 0 Å². The van der Waals surface area contributed by atoms with E-state index in [-0.39, 0.29) is 0 Å². The molecule has 0 aliphatic carbocycles. The maximum atomic E-state index is 5.53. The monoisotopic (exact) mass is 329 g/mol. The molecule has 108 valence electrons. The molecule has 0 saturated carbocycles. The molecule has 0 saturated heterocycles. The highest BCUT2D eigenvalue weighted by molar-refractivity contribution is 9.09. The van der Waals surface area contributed by atoms with Crippen molar-refractivity contribution >= 4 is 15.9 Å². The number of rotatable bonds is 9. The van der Waals surface area contributed by atoms with Gasteiger partial charge >= 0.3 is 0 Å². The van der Waals surface area contributed by atoms with Crippen molar-refractivity contribution in [3.05, 3.63) is 29.8 Å². The summed E-state index contributed by atoms with van der Waals surface area (Å²) in [5.74, 6) is 0.903. The van der Waals surface area contributed by atoms with Crippen molar-refractivity contribution in [1.82, 2.24) is 4.90 Å². The Bertz CT molecular complexity index is 341. The summed E-state index contributed by atoms with van der Waals surface area (Å²) in [5, 5.41) is 0.896. The lowest BCUT2D eigenvalue weighted by molar-refractivity contribution is 0.0991. The van der Waals surface area contributed by atoms with Gasteiger partial charge in [-0.15, -0.1) is 0 Å². The summed E-state index contributed by atoms with van der Waals surface area (Å²) in [7, 11) is 1.69. The summed E-state index contributed by atoms with van der Waals surface area (Å²) < 4.78 is 10.7. The van der Waals surface area contributed by atoms with E-state index < -0.39 is 0 Å². The lowest BCUT2D eigenvalue weighted by atomic mass is 10.2. The van der Waals surface area contributed by atoms with Gasteiger partial charge in [-0.05, 0) is 31.5 Å². The average Bonchev–Trinajstić information content (AvgIpc) is 2.42. The Balaban J connectivity index is 2.47. The highest BCUT2D eigenvalue weighted by Crippen LogP contribution is 2.14. The van der Waals surface area contributed by atoms with Crippen molar-refractivity contribution in [2.24, 2.45) is 0 Å². The molecule has 0 radical (unpaired) electrons. The summed E-state index contributed by atoms with van der Waals surface area (Å²) in [6.07, 6.45) is 0. The summed E-state index contributed by atoms with van der Waals surface area (Å²) in [5.41, 5.74) is 1.30. The van der Waals surface area contributed by atoms with Crippen LogP contribution in [0.5, 0.6) is 5.75 Å². The van der Waals surface area contributed by atoms with Gasteiger partial charge in [-0.1, -0.05) is 28.1 Å². The molecule has 1 rings (SSSR count). The molecule has 0 aromatic heterocycles. The van der Waals surface area contributed by atoms with E-state index in [1.54, 1.807) is 7.11 Å². The average molecular weight is 330 g/mol. The van der Waals surface area contributed by atoms with Crippen LogP contribution >= 0.6 is 15.9 Å². The van der Waals surface area contributed by atoms with Gasteiger partial charge in [-0.2, -0.15) is 0 Å². The maximum absolute atomic E-state index is 5.53. The van der Waals surface area contributed by atoms with Gasteiger partial charge in [-0.3, -0.25) is 4.90 Å². The number of nitrogens with zero attached hydrogens (tertiary/aromatic N) is 1. The quantitative estimate of drug-likeness (QED) is 0.512. The predicted molar refractivity (Wildman–Crippen MR) is 83.2 cm³/mol. The number of alkyl halides is 1. The van der Waals surface area contributed by atoms with E-state index in [1.807, 2.05) is 12.1 Å². The van der Waals surface area contributed by atoms with Crippen LogP contribution in [0.15, 0.2) is 24.3 Å². The fourth-order valence-corrected chi connectivity index (χ4v) is 2.05. The topological polar surface area (TPSA) is 21.7 Å². The molecule has 4 heteroatoms. The number of methoxy groups -OCH3 is 1. The molecule has 0 spiro atoms.